The van der Waals surface area contributed by atoms with Gasteiger partial charge in [0.15, 0.2) is 19.3 Å². The minimum absolute atomic E-state index is 0.251. The Labute approximate surface area is 174 Å². The Morgan fingerprint density at radius 1 is 1.29 bits per heavy atom. The Morgan fingerprint density at radius 3 is 2.82 bits per heavy atom. The highest BCUT2D eigenvalue weighted by atomic mass is 35.5. The zero-order valence-corrected chi connectivity index (χ0v) is 19.4. The fraction of sp³-hybridized carbons (Fsp3) is 0.650. The smallest absolute Gasteiger partial charge is 0.192 e. The van der Waals surface area contributed by atoms with Crippen molar-refractivity contribution in [1.29, 1.82) is 0 Å². The minimum Gasteiger partial charge on any atom is -0.416 e. The summed E-state index contributed by atoms with van der Waals surface area (Å²) >= 11 is 6.17. The first-order valence-corrected chi connectivity index (χ1v) is 13.3. The van der Waals surface area contributed by atoms with Crippen molar-refractivity contribution in [3.8, 4) is 0 Å². The van der Waals surface area contributed by atoms with Crippen LogP contribution >= 0.6 is 11.6 Å². The van der Waals surface area contributed by atoms with Gasteiger partial charge in [-0.15, -0.1) is 10.2 Å². The molecule has 28 heavy (non-hydrogen) atoms. The molecule has 1 atom stereocenters. The van der Waals surface area contributed by atoms with Gasteiger partial charge in [0, 0.05) is 48.9 Å². The van der Waals surface area contributed by atoms with Crippen molar-refractivity contribution in [2.45, 2.75) is 57.8 Å². The number of piperidine rings is 1. The molecule has 0 aromatic carbocycles. The first kappa shape index (κ1) is 21.4. The lowest BCUT2D eigenvalue weighted by molar-refractivity contribution is 0.168. The second kappa shape index (κ2) is 8.61. The molecule has 3 rings (SSSR count). The molecule has 0 unspecified atom stereocenters. The van der Waals surface area contributed by atoms with Crippen LogP contribution < -0.4 is 5.32 Å². The summed E-state index contributed by atoms with van der Waals surface area (Å²) in [5.74, 6) is 0.761. The molecular formula is C20H32ClN5OSi. The van der Waals surface area contributed by atoms with Crippen molar-refractivity contribution in [3.05, 3.63) is 23.6 Å². The number of fused-ring (bicyclic) bond motifs is 1. The van der Waals surface area contributed by atoms with Crippen molar-refractivity contribution < 1.29 is 4.43 Å². The van der Waals surface area contributed by atoms with E-state index in [1.54, 1.807) is 12.4 Å². The van der Waals surface area contributed by atoms with Crippen LogP contribution in [0.3, 0.4) is 0 Å². The predicted octanol–water partition coefficient (Wildman–Crippen LogP) is 4.58. The summed E-state index contributed by atoms with van der Waals surface area (Å²) in [6.45, 7) is 15.3. The largest absolute Gasteiger partial charge is 0.416 e. The van der Waals surface area contributed by atoms with Gasteiger partial charge in [-0.3, -0.25) is 9.88 Å². The highest BCUT2D eigenvalue weighted by Crippen LogP contribution is 2.36. The van der Waals surface area contributed by atoms with E-state index >= 15 is 0 Å². The number of nitrogens with one attached hydrogen (secondary N) is 1. The molecule has 0 radical (unpaired) electrons. The number of aromatic nitrogens is 3. The number of pyridine rings is 1. The molecule has 3 heterocycles. The van der Waals surface area contributed by atoms with Crippen LogP contribution in [0.2, 0.25) is 23.3 Å². The lowest BCUT2D eigenvalue weighted by Gasteiger charge is -2.38. The molecule has 0 amide bonds. The first-order chi connectivity index (χ1) is 13.2. The van der Waals surface area contributed by atoms with E-state index in [0.29, 0.717) is 11.2 Å². The summed E-state index contributed by atoms with van der Waals surface area (Å²) < 4.78 is 6.35. The third-order valence-electron chi connectivity index (χ3n) is 6.06. The molecule has 2 aromatic rings. The second-order valence-corrected chi connectivity index (χ2v) is 14.3. The van der Waals surface area contributed by atoms with Crippen LogP contribution in [0, 0.1) is 0 Å². The molecular weight excluding hydrogens is 390 g/mol. The molecule has 1 fully saturated rings. The lowest BCUT2D eigenvalue weighted by atomic mass is 10.1. The SMILES string of the molecule is CC(C)(C)[Si](C)(C)OCCN1CCC[C@@H](Nc2nnc(Cl)c3ccncc23)C1. The van der Waals surface area contributed by atoms with Crippen LogP contribution in [0.4, 0.5) is 5.82 Å². The van der Waals surface area contributed by atoms with Crippen molar-refractivity contribution in [1.82, 2.24) is 20.1 Å². The van der Waals surface area contributed by atoms with E-state index in [9.17, 15) is 0 Å². The van der Waals surface area contributed by atoms with Crippen molar-refractivity contribution in [2.24, 2.45) is 0 Å². The van der Waals surface area contributed by atoms with E-state index in [1.807, 2.05) is 6.07 Å². The lowest BCUT2D eigenvalue weighted by Crippen LogP contribution is -2.46. The summed E-state index contributed by atoms with van der Waals surface area (Å²) in [5.41, 5.74) is 0. The highest BCUT2D eigenvalue weighted by Gasteiger charge is 2.37. The van der Waals surface area contributed by atoms with Crippen molar-refractivity contribution >= 4 is 36.5 Å². The van der Waals surface area contributed by atoms with Gasteiger partial charge in [0.1, 0.15) is 0 Å². The van der Waals surface area contributed by atoms with Gasteiger partial charge in [-0.1, -0.05) is 32.4 Å². The zero-order chi connectivity index (χ0) is 20.4. The predicted molar refractivity (Wildman–Crippen MR) is 119 cm³/mol. The Morgan fingerprint density at radius 2 is 2.07 bits per heavy atom. The summed E-state index contributed by atoms with van der Waals surface area (Å²) in [4.78, 5) is 6.70. The number of anilines is 1. The molecule has 0 aliphatic carbocycles. The molecule has 0 spiro atoms. The van der Waals surface area contributed by atoms with Crippen LogP contribution in [-0.4, -0.2) is 60.7 Å². The Bertz CT molecular complexity index is 811. The van der Waals surface area contributed by atoms with Gasteiger partial charge in [0.25, 0.3) is 0 Å². The summed E-state index contributed by atoms with van der Waals surface area (Å²) in [6.07, 6.45) is 5.80. The quantitative estimate of drug-likeness (QED) is 0.689. The number of halogens is 1. The van der Waals surface area contributed by atoms with Crippen LogP contribution in [0.1, 0.15) is 33.6 Å². The fourth-order valence-corrected chi connectivity index (χ4v) is 4.52. The molecule has 1 saturated heterocycles. The van der Waals surface area contributed by atoms with Crippen LogP contribution in [0.25, 0.3) is 10.8 Å². The molecule has 6 nitrogen and oxygen atoms in total. The highest BCUT2D eigenvalue weighted by molar-refractivity contribution is 6.74. The van der Waals surface area contributed by atoms with Gasteiger partial charge in [0.05, 0.1) is 0 Å². The van der Waals surface area contributed by atoms with Gasteiger partial charge in [-0.2, -0.15) is 0 Å². The third kappa shape index (κ3) is 5.00. The van der Waals surface area contributed by atoms with Crippen LogP contribution in [0.5, 0.6) is 0 Å². The zero-order valence-electron chi connectivity index (χ0n) is 17.6. The average molecular weight is 422 g/mol. The second-order valence-electron chi connectivity index (χ2n) is 9.15. The monoisotopic (exact) mass is 421 g/mol. The first-order valence-electron chi connectivity index (χ1n) is 10.1. The number of hydrogen-bond acceptors (Lipinski definition) is 6. The summed E-state index contributed by atoms with van der Waals surface area (Å²) in [5, 5.41) is 14.4. The molecule has 2 aromatic heterocycles. The molecule has 154 valence electrons. The van der Waals surface area contributed by atoms with Crippen LogP contribution in [0.15, 0.2) is 18.5 Å². The standard InChI is InChI=1S/C20H32ClN5OSi/c1-20(2,3)28(4,5)27-12-11-26-10-6-7-15(14-26)23-19-17-13-22-9-8-16(17)18(21)24-25-19/h8-9,13,15H,6-7,10-12,14H2,1-5H3,(H,23,25)/t15-/m1/s1. The normalized spacial score (nSPS) is 19.1. The average Bonchev–Trinajstić information content (AvgIpc) is 2.64. The van der Waals surface area contributed by atoms with E-state index in [4.69, 9.17) is 16.0 Å². The molecule has 1 N–H and O–H groups in total. The number of nitrogens with zero attached hydrogens (tertiary/aromatic N) is 4. The molecule has 1 aliphatic heterocycles. The van der Waals surface area contributed by atoms with Gasteiger partial charge in [-0.05, 0) is 43.6 Å². The van der Waals surface area contributed by atoms with E-state index in [0.717, 1.165) is 55.7 Å². The molecule has 0 bridgehead atoms. The number of likely N-dealkylation sites (tertiary alicyclic amines) is 1. The van der Waals surface area contributed by atoms with Gasteiger partial charge in [-0.25, -0.2) is 0 Å². The Balaban J connectivity index is 1.58. The van der Waals surface area contributed by atoms with Crippen molar-refractivity contribution in [3.63, 3.8) is 0 Å². The fourth-order valence-electron chi connectivity index (χ4n) is 3.29. The molecule has 0 saturated carbocycles. The molecule has 1 aliphatic rings. The van der Waals surface area contributed by atoms with E-state index in [-0.39, 0.29) is 5.04 Å². The van der Waals surface area contributed by atoms with E-state index in [2.05, 4.69) is 59.3 Å². The van der Waals surface area contributed by atoms with Gasteiger partial charge >= 0.3 is 0 Å². The summed E-state index contributed by atoms with van der Waals surface area (Å²) in [7, 11) is -1.68. The topological polar surface area (TPSA) is 63.2 Å². The minimum atomic E-state index is -1.68. The maximum Gasteiger partial charge on any atom is 0.192 e. The van der Waals surface area contributed by atoms with E-state index < -0.39 is 8.32 Å². The van der Waals surface area contributed by atoms with Gasteiger partial charge < -0.3 is 9.74 Å². The number of rotatable bonds is 6. The molecule has 8 heteroatoms. The van der Waals surface area contributed by atoms with Crippen LogP contribution in [-0.2, 0) is 4.43 Å². The number of hydrogen-bond donors (Lipinski definition) is 1. The maximum absolute atomic E-state index is 6.35. The van der Waals surface area contributed by atoms with E-state index in [1.165, 1.54) is 0 Å². The third-order valence-corrected chi connectivity index (χ3v) is 10.9. The Kier molecular flexibility index (Phi) is 6.59. The Hall–Kier alpha value is -1.28. The van der Waals surface area contributed by atoms with Gasteiger partial charge in [0.2, 0.25) is 0 Å². The van der Waals surface area contributed by atoms with Crippen molar-refractivity contribution in [2.75, 3.05) is 31.6 Å². The maximum atomic E-state index is 6.35. The summed E-state index contributed by atoms with van der Waals surface area (Å²) in [6, 6.07) is 2.21.